The Morgan fingerprint density at radius 2 is 2.04 bits per heavy atom. The molecule has 0 saturated carbocycles. The highest BCUT2D eigenvalue weighted by atomic mass is 16.6. The maximum atomic E-state index is 12.0. The number of phenols is 1. The molecule has 0 bridgehead atoms. The number of nitro benzene ring substituents is 1. The Bertz CT molecular complexity index is 863. The number of ether oxygens (including phenoxy) is 2. The number of amides is 1. The summed E-state index contributed by atoms with van der Waals surface area (Å²) in [6, 6.07) is 8.93. The number of allylic oxidation sites excluding steroid dienone is 1. The summed E-state index contributed by atoms with van der Waals surface area (Å²) >= 11 is 0. The lowest BCUT2D eigenvalue weighted by Gasteiger charge is -2.12. The van der Waals surface area contributed by atoms with Crippen LogP contribution in [-0.2, 0) is 11.3 Å². The van der Waals surface area contributed by atoms with Crippen LogP contribution in [0.2, 0.25) is 0 Å². The van der Waals surface area contributed by atoms with Crippen molar-refractivity contribution in [3.8, 4) is 17.2 Å². The molecule has 0 aliphatic rings. The average molecular weight is 372 g/mol. The molecule has 27 heavy (non-hydrogen) atoms. The molecule has 0 unspecified atom stereocenters. The van der Waals surface area contributed by atoms with Gasteiger partial charge in [0, 0.05) is 24.2 Å². The molecule has 2 N–H and O–H groups in total. The zero-order valence-electron chi connectivity index (χ0n) is 15.0. The predicted molar refractivity (Wildman–Crippen MR) is 99.8 cm³/mol. The third-order valence-electron chi connectivity index (χ3n) is 3.66. The normalized spacial score (nSPS) is 10.6. The van der Waals surface area contributed by atoms with E-state index in [4.69, 9.17) is 9.47 Å². The molecule has 2 rings (SSSR count). The summed E-state index contributed by atoms with van der Waals surface area (Å²) in [5.41, 5.74) is 1.01. The Kier molecular flexibility index (Phi) is 6.76. The van der Waals surface area contributed by atoms with Crippen LogP contribution in [0.4, 0.5) is 5.69 Å². The van der Waals surface area contributed by atoms with Crippen LogP contribution in [0.5, 0.6) is 17.2 Å². The van der Waals surface area contributed by atoms with E-state index in [2.05, 4.69) is 5.32 Å². The number of aromatic hydroxyl groups is 1. The van der Waals surface area contributed by atoms with Gasteiger partial charge in [0.05, 0.1) is 12.0 Å². The van der Waals surface area contributed by atoms with Crippen molar-refractivity contribution in [1.29, 1.82) is 0 Å². The summed E-state index contributed by atoms with van der Waals surface area (Å²) < 4.78 is 10.7. The topological polar surface area (TPSA) is 111 Å². The minimum atomic E-state index is -0.572. The van der Waals surface area contributed by atoms with E-state index < -0.39 is 10.8 Å². The minimum absolute atomic E-state index is 0.0624. The van der Waals surface area contributed by atoms with E-state index in [0.29, 0.717) is 11.5 Å². The zero-order chi connectivity index (χ0) is 19.8. The number of methoxy groups -OCH3 is 1. The molecule has 1 amide bonds. The quantitative estimate of drug-likeness (QED) is 0.544. The number of hydrogen-bond acceptors (Lipinski definition) is 6. The summed E-state index contributed by atoms with van der Waals surface area (Å²) in [6.07, 6.45) is 3.80. The second-order valence-corrected chi connectivity index (χ2v) is 5.55. The minimum Gasteiger partial charge on any atom is -0.508 e. The fraction of sp³-hybridized carbons (Fsp3) is 0.211. The van der Waals surface area contributed by atoms with Crippen molar-refractivity contribution in [1.82, 2.24) is 5.32 Å². The number of hydrogen-bond donors (Lipinski definition) is 2. The summed E-state index contributed by atoms with van der Waals surface area (Å²) in [5.74, 6) is 0.331. The molecular formula is C19H20N2O6. The summed E-state index contributed by atoms with van der Waals surface area (Å²) in [6.45, 7) is 1.57. The molecule has 0 atom stereocenters. The number of nitrogens with one attached hydrogen (secondary N) is 1. The molecule has 0 aliphatic heterocycles. The van der Waals surface area contributed by atoms with Gasteiger partial charge in [0.2, 0.25) is 0 Å². The maximum Gasteiger partial charge on any atom is 0.270 e. The Labute approximate surface area is 156 Å². The molecule has 0 fully saturated rings. The Hall–Kier alpha value is -3.55. The van der Waals surface area contributed by atoms with Gasteiger partial charge >= 0.3 is 0 Å². The van der Waals surface area contributed by atoms with Gasteiger partial charge in [0.25, 0.3) is 11.6 Å². The van der Waals surface area contributed by atoms with E-state index in [9.17, 15) is 20.0 Å². The van der Waals surface area contributed by atoms with Crippen LogP contribution < -0.4 is 14.8 Å². The van der Waals surface area contributed by atoms with Gasteiger partial charge in [-0.3, -0.25) is 14.9 Å². The first-order valence-electron chi connectivity index (χ1n) is 8.11. The van der Waals surface area contributed by atoms with Crippen molar-refractivity contribution < 1.29 is 24.3 Å². The van der Waals surface area contributed by atoms with Crippen molar-refractivity contribution in [2.75, 3.05) is 13.7 Å². The molecule has 0 heterocycles. The van der Waals surface area contributed by atoms with Gasteiger partial charge in [-0.25, -0.2) is 0 Å². The highest BCUT2D eigenvalue weighted by molar-refractivity contribution is 5.77. The van der Waals surface area contributed by atoms with E-state index in [1.807, 2.05) is 25.1 Å². The molecule has 2 aromatic rings. The van der Waals surface area contributed by atoms with Gasteiger partial charge in [0.15, 0.2) is 18.1 Å². The highest BCUT2D eigenvalue weighted by Gasteiger charge is 2.12. The molecule has 8 nitrogen and oxygen atoms in total. The van der Waals surface area contributed by atoms with Crippen LogP contribution in [0.25, 0.3) is 6.08 Å². The summed E-state index contributed by atoms with van der Waals surface area (Å²) in [5, 5.41) is 23.1. The standard InChI is InChI=1S/C19H20N2O6/c1-3-4-13-5-8-17(18(9-13)26-2)27-12-19(23)20-11-14-10-15(21(24)25)6-7-16(14)22/h3-10,22H,11-12H2,1-2H3,(H,20,23)/b4-3+. The van der Waals surface area contributed by atoms with Crippen molar-refractivity contribution in [2.45, 2.75) is 13.5 Å². The molecular weight excluding hydrogens is 352 g/mol. The number of carbonyl (C=O) groups excluding carboxylic acids is 1. The number of benzene rings is 2. The number of nitrogens with zero attached hydrogens (tertiary/aromatic N) is 1. The van der Waals surface area contributed by atoms with Crippen LogP contribution >= 0.6 is 0 Å². The molecule has 142 valence electrons. The first-order valence-corrected chi connectivity index (χ1v) is 8.11. The summed E-state index contributed by atoms with van der Waals surface area (Å²) in [4.78, 5) is 22.2. The molecule has 0 aromatic heterocycles. The third kappa shape index (κ3) is 5.46. The fourth-order valence-electron chi connectivity index (χ4n) is 2.31. The van der Waals surface area contributed by atoms with Crippen molar-refractivity contribution in [3.05, 3.63) is 63.7 Å². The molecule has 0 radical (unpaired) electrons. The van der Waals surface area contributed by atoms with Crippen molar-refractivity contribution in [3.63, 3.8) is 0 Å². The van der Waals surface area contributed by atoms with Gasteiger partial charge in [0.1, 0.15) is 5.75 Å². The van der Waals surface area contributed by atoms with Crippen LogP contribution in [-0.4, -0.2) is 29.7 Å². The second-order valence-electron chi connectivity index (χ2n) is 5.55. The van der Waals surface area contributed by atoms with E-state index in [0.717, 1.165) is 5.56 Å². The van der Waals surface area contributed by atoms with Crippen molar-refractivity contribution >= 4 is 17.7 Å². The van der Waals surface area contributed by atoms with Gasteiger partial charge in [-0.15, -0.1) is 0 Å². The first kappa shape index (κ1) is 19.8. The third-order valence-corrected chi connectivity index (χ3v) is 3.66. The maximum absolute atomic E-state index is 12.0. The Morgan fingerprint density at radius 3 is 2.70 bits per heavy atom. The predicted octanol–water partition coefficient (Wildman–Crippen LogP) is 3.04. The SMILES string of the molecule is C/C=C/c1ccc(OCC(=O)NCc2cc([N+](=O)[O-])ccc2O)c(OC)c1. The fourth-order valence-corrected chi connectivity index (χ4v) is 2.31. The smallest absolute Gasteiger partial charge is 0.270 e. The lowest BCUT2D eigenvalue weighted by atomic mass is 10.2. The molecule has 0 spiro atoms. The van der Waals surface area contributed by atoms with Gasteiger partial charge in [-0.05, 0) is 30.7 Å². The molecule has 0 aliphatic carbocycles. The lowest BCUT2D eigenvalue weighted by Crippen LogP contribution is -2.28. The average Bonchev–Trinajstić information content (AvgIpc) is 2.66. The monoisotopic (exact) mass is 372 g/mol. The van der Waals surface area contributed by atoms with E-state index in [1.54, 1.807) is 12.1 Å². The highest BCUT2D eigenvalue weighted by Crippen LogP contribution is 2.28. The van der Waals surface area contributed by atoms with Gasteiger partial charge < -0.3 is 19.9 Å². The number of carbonyl (C=O) groups is 1. The van der Waals surface area contributed by atoms with Crippen molar-refractivity contribution in [2.24, 2.45) is 0 Å². The van der Waals surface area contributed by atoms with Crippen LogP contribution in [0.1, 0.15) is 18.1 Å². The largest absolute Gasteiger partial charge is 0.508 e. The van der Waals surface area contributed by atoms with Crippen LogP contribution in [0, 0.1) is 10.1 Å². The molecule has 8 heteroatoms. The number of nitro groups is 1. The molecule has 0 saturated heterocycles. The van der Waals surface area contributed by atoms with Gasteiger partial charge in [-0.2, -0.15) is 0 Å². The number of non-ortho nitro benzene ring substituents is 1. The Balaban J connectivity index is 1.95. The zero-order valence-corrected chi connectivity index (χ0v) is 15.0. The van der Waals surface area contributed by atoms with Crippen LogP contribution in [0.3, 0.4) is 0 Å². The van der Waals surface area contributed by atoms with Gasteiger partial charge in [-0.1, -0.05) is 18.2 Å². The lowest BCUT2D eigenvalue weighted by molar-refractivity contribution is -0.384. The number of phenolic OH excluding ortho intramolecular Hbond substituents is 1. The summed E-state index contributed by atoms with van der Waals surface area (Å²) in [7, 11) is 1.51. The number of rotatable bonds is 8. The Morgan fingerprint density at radius 1 is 1.26 bits per heavy atom. The van der Waals surface area contributed by atoms with E-state index >= 15 is 0 Å². The van der Waals surface area contributed by atoms with E-state index in [-0.39, 0.29) is 30.2 Å². The first-order chi connectivity index (χ1) is 12.9. The van der Waals surface area contributed by atoms with Crippen LogP contribution in [0.15, 0.2) is 42.5 Å². The molecule has 2 aromatic carbocycles. The second kappa shape index (κ2) is 9.23. The van der Waals surface area contributed by atoms with E-state index in [1.165, 1.54) is 25.3 Å².